The largest absolute Gasteiger partial charge is 0.330 e. The lowest BCUT2D eigenvalue weighted by atomic mass is 9.84. The number of nitrogens with two attached hydrogens (primary N) is 1. The Labute approximate surface area is 118 Å². The fourth-order valence-corrected chi connectivity index (χ4v) is 3.84. The van der Waals surface area contributed by atoms with Crippen molar-refractivity contribution in [3.8, 4) is 0 Å². The molecule has 0 bridgehead atoms. The molecule has 1 fully saturated rings. The average molecular weight is 273 g/mol. The zero-order valence-corrected chi connectivity index (χ0v) is 13.8. The second kappa shape index (κ2) is 6.62. The van der Waals surface area contributed by atoms with E-state index in [-0.39, 0.29) is 0 Å². The lowest BCUT2D eigenvalue weighted by molar-refractivity contribution is 0.199. The summed E-state index contributed by atoms with van der Waals surface area (Å²) in [6.45, 7) is 16.2. The maximum atomic E-state index is 5.96. The third-order valence-electron chi connectivity index (χ3n) is 3.68. The lowest BCUT2D eigenvalue weighted by Crippen LogP contribution is -2.36. The van der Waals surface area contributed by atoms with Crippen LogP contribution >= 0.6 is 11.8 Å². The molecule has 0 aliphatic carbocycles. The highest BCUT2D eigenvalue weighted by Crippen LogP contribution is 2.31. The maximum Gasteiger partial charge on any atom is 0.0116 e. The first-order chi connectivity index (χ1) is 8.22. The lowest BCUT2D eigenvalue weighted by Gasteiger charge is -2.30. The van der Waals surface area contributed by atoms with Gasteiger partial charge in [-0.25, -0.2) is 0 Å². The number of rotatable bonds is 4. The van der Waals surface area contributed by atoms with Crippen molar-refractivity contribution in [3.63, 3.8) is 0 Å². The van der Waals surface area contributed by atoms with E-state index in [0.717, 1.165) is 6.54 Å². The first kappa shape index (κ1) is 16.3. The van der Waals surface area contributed by atoms with E-state index in [2.05, 4.69) is 51.3 Å². The van der Waals surface area contributed by atoms with Gasteiger partial charge >= 0.3 is 0 Å². The van der Waals surface area contributed by atoms with Crippen molar-refractivity contribution in [2.75, 3.05) is 31.9 Å². The first-order valence-electron chi connectivity index (χ1n) is 7.28. The standard InChI is InChI=1S/C15H32N2S/c1-14(2,3)10-13(11-16)12-17-7-6-15(4,5)18-9-8-17/h13H,6-12,16H2,1-5H3. The summed E-state index contributed by atoms with van der Waals surface area (Å²) in [5, 5.41) is 0. The molecule has 0 aromatic heterocycles. The van der Waals surface area contributed by atoms with Gasteiger partial charge in [-0.2, -0.15) is 11.8 Å². The van der Waals surface area contributed by atoms with Crippen LogP contribution in [0.25, 0.3) is 0 Å². The first-order valence-corrected chi connectivity index (χ1v) is 8.27. The van der Waals surface area contributed by atoms with Gasteiger partial charge in [0.2, 0.25) is 0 Å². The van der Waals surface area contributed by atoms with E-state index >= 15 is 0 Å². The molecule has 0 spiro atoms. The fraction of sp³-hybridized carbons (Fsp3) is 1.00. The smallest absolute Gasteiger partial charge is 0.0116 e. The molecule has 2 N–H and O–H groups in total. The van der Waals surface area contributed by atoms with Gasteiger partial charge in [0.15, 0.2) is 0 Å². The molecule has 1 heterocycles. The van der Waals surface area contributed by atoms with Crippen LogP contribution in [0.15, 0.2) is 0 Å². The monoisotopic (exact) mass is 272 g/mol. The van der Waals surface area contributed by atoms with E-state index in [4.69, 9.17) is 5.73 Å². The van der Waals surface area contributed by atoms with Gasteiger partial charge in [0.1, 0.15) is 0 Å². The summed E-state index contributed by atoms with van der Waals surface area (Å²) in [7, 11) is 0. The van der Waals surface area contributed by atoms with E-state index in [9.17, 15) is 0 Å². The van der Waals surface area contributed by atoms with Gasteiger partial charge in [0.25, 0.3) is 0 Å². The Bertz CT molecular complexity index is 245. The van der Waals surface area contributed by atoms with Gasteiger partial charge in [-0.1, -0.05) is 34.6 Å². The zero-order chi connectivity index (χ0) is 13.8. The molecule has 0 aromatic carbocycles. The van der Waals surface area contributed by atoms with Crippen LogP contribution in [-0.2, 0) is 0 Å². The minimum Gasteiger partial charge on any atom is -0.330 e. The van der Waals surface area contributed by atoms with Crippen LogP contribution in [0.5, 0.6) is 0 Å². The van der Waals surface area contributed by atoms with Crippen LogP contribution in [0, 0.1) is 11.3 Å². The molecule has 1 aliphatic rings. The summed E-state index contributed by atoms with van der Waals surface area (Å²) in [6, 6.07) is 0. The molecule has 0 saturated carbocycles. The molecule has 1 rings (SSSR count). The predicted octanol–water partition coefficient (Wildman–Crippen LogP) is 3.22. The van der Waals surface area contributed by atoms with Crippen LogP contribution in [0.2, 0.25) is 0 Å². The summed E-state index contributed by atoms with van der Waals surface area (Å²) in [4.78, 5) is 2.63. The van der Waals surface area contributed by atoms with E-state index in [1.165, 1.54) is 38.2 Å². The molecule has 0 amide bonds. The Balaban J connectivity index is 2.45. The van der Waals surface area contributed by atoms with Crippen LogP contribution in [0.3, 0.4) is 0 Å². The third-order valence-corrected chi connectivity index (χ3v) is 5.05. The maximum absolute atomic E-state index is 5.96. The normalized spacial score (nSPS) is 23.7. The second-order valence-electron chi connectivity index (χ2n) is 7.53. The van der Waals surface area contributed by atoms with Gasteiger partial charge in [-0.05, 0) is 37.3 Å². The van der Waals surface area contributed by atoms with Crippen LogP contribution in [-0.4, -0.2) is 41.6 Å². The Hall–Kier alpha value is 0.270. The molecule has 108 valence electrons. The van der Waals surface area contributed by atoms with Gasteiger partial charge in [-0.3, -0.25) is 0 Å². The quantitative estimate of drug-likeness (QED) is 0.852. The average Bonchev–Trinajstić information content (AvgIpc) is 2.37. The molecule has 18 heavy (non-hydrogen) atoms. The zero-order valence-electron chi connectivity index (χ0n) is 13.0. The SMILES string of the molecule is CC(C)(C)CC(CN)CN1CCSC(C)(C)CC1. The van der Waals surface area contributed by atoms with Gasteiger partial charge in [0.05, 0.1) is 0 Å². The van der Waals surface area contributed by atoms with Crippen LogP contribution < -0.4 is 5.73 Å². The van der Waals surface area contributed by atoms with Crippen molar-refractivity contribution in [2.24, 2.45) is 17.1 Å². The number of thioether (sulfide) groups is 1. The van der Waals surface area contributed by atoms with E-state index in [1.807, 2.05) is 0 Å². The van der Waals surface area contributed by atoms with Crippen molar-refractivity contribution >= 4 is 11.8 Å². The van der Waals surface area contributed by atoms with Gasteiger partial charge in [-0.15, -0.1) is 0 Å². The molecule has 0 aromatic rings. The molecule has 2 nitrogen and oxygen atoms in total. The molecule has 0 radical (unpaired) electrons. The van der Waals surface area contributed by atoms with Gasteiger partial charge < -0.3 is 10.6 Å². The summed E-state index contributed by atoms with van der Waals surface area (Å²) in [5.41, 5.74) is 6.35. The minimum absolute atomic E-state index is 0.393. The van der Waals surface area contributed by atoms with Crippen LogP contribution in [0.4, 0.5) is 0 Å². The molecular formula is C15H32N2S. The Morgan fingerprint density at radius 1 is 1.28 bits per heavy atom. The molecule has 1 atom stereocenters. The Morgan fingerprint density at radius 3 is 2.50 bits per heavy atom. The second-order valence-corrected chi connectivity index (χ2v) is 9.33. The summed E-state index contributed by atoms with van der Waals surface area (Å²) in [5.74, 6) is 1.91. The van der Waals surface area contributed by atoms with Crippen LogP contribution in [0.1, 0.15) is 47.5 Å². The summed E-state index contributed by atoms with van der Waals surface area (Å²) >= 11 is 2.12. The summed E-state index contributed by atoms with van der Waals surface area (Å²) in [6.07, 6.45) is 2.53. The number of hydrogen-bond acceptors (Lipinski definition) is 3. The highest BCUT2D eigenvalue weighted by atomic mass is 32.2. The molecule has 3 heteroatoms. The fourth-order valence-electron chi connectivity index (χ4n) is 2.70. The summed E-state index contributed by atoms with van der Waals surface area (Å²) < 4.78 is 0.455. The predicted molar refractivity (Wildman–Crippen MR) is 84.2 cm³/mol. The highest BCUT2D eigenvalue weighted by molar-refractivity contribution is 8.00. The van der Waals surface area contributed by atoms with Crippen molar-refractivity contribution in [1.82, 2.24) is 4.90 Å². The van der Waals surface area contributed by atoms with E-state index < -0.39 is 0 Å². The Morgan fingerprint density at radius 2 is 1.94 bits per heavy atom. The van der Waals surface area contributed by atoms with Crippen molar-refractivity contribution in [3.05, 3.63) is 0 Å². The van der Waals surface area contributed by atoms with Crippen molar-refractivity contribution in [2.45, 2.75) is 52.2 Å². The van der Waals surface area contributed by atoms with Crippen molar-refractivity contribution < 1.29 is 0 Å². The van der Waals surface area contributed by atoms with Crippen molar-refractivity contribution in [1.29, 1.82) is 0 Å². The topological polar surface area (TPSA) is 29.3 Å². The molecule has 1 aliphatic heterocycles. The van der Waals surface area contributed by atoms with E-state index in [0.29, 0.717) is 16.1 Å². The van der Waals surface area contributed by atoms with E-state index in [1.54, 1.807) is 0 Å². The minimum atomic E-state index is 0.393. The number of nitrogens with zero attached hydrogens (tertiary/aromatic N) is 1. The molecule has 1 unspecified atom stereocenters. The molecule has 1 saturated heterocycles. The van der Waals surface area contributed by atoms with Gasteiger partial charge in [0, 0.05) is 23.6 Å². The highest BCUT2D eigenvalue weighted by Gasteiger charge is 2.26. The third kappa shape index (κ3) is 6.44. The molecular weight excluding hydrogens is 240 g/mol. The number of hydrogen-bond donors (Lipinski definition) is 1. The Kier molecular flexibility index (Phi) is 6.01.